The van der Waals surface area contributed by atoms with Crippen LogP contribution in [0.2, 0.25) is 0 Å². The van der Waals surface area contributed by atoms with Gasteiger partial charge in [-0.25, -0.2) is 0 Å². The summed E-state index contributed by atoms with van der Waals surface area (Å²) in [4.78, 5) is 26.3. The number of alkyl halides is 3. The van der Waals surface area contributed by atoms with Crippen LogP contribution in [0.3, 0.4) is 0 Å². The molecule has 2 aromatic carbocycles. The molecule has 5 nitrogen and oxygen atoms in total. The number of carbonyl (C=O) groups is 2. The number of rotatable bonds is 4. The van der Waals surface area contributed by atoms with E-state index >= 15 is 0 Å². The topological polar surface area (TPSA) is 62.6 Å². The highest BCUT2D eigenvalue weighted by atomic mass is 32.2. The summed E-state index contributed by atoms with van der Waals surface area (Å²) < 4.78 is 44.1. The van der Waals surface area contributed by atoms with Crippen molar-refractivity contribution in [2.45, 2.75) is 11.1 Å². The molecule has 0 atom stereocenters. The third-order valence-corrected chi connectivity index (χ3v) is 5.03. The van der Waals surface area contributed by atoms with E-state index in [1.807, 2.05) is 0 Å². The molecule has 0 saturated carbocycles. The summed E-state index contributed by atoms with van der Waals surface area (Å²) >= 11 is 1.06. The predicted octanol–water partition coefficient (Wildman–Crippen LogP) is 5.99. The maximum Gasteiger partial charge on any atom is 0.416 e. The zero-order valence-electron chi connectivity index (χ0n) is 16.0. The first-order chi connectivity index (χ1) is 14.1. The molecule has 3 rings (SSSR count). The molecule has 0 unspecified atom stereocenters. The highest BCUT2D eigenvalue weighted by molar-refractivity contribution is 8.13. The van der Waals surface area contributed by atoms with Gasteiger partial charge in [-0.05, 0) is 60.3 Å². The fourth-order valence-electron chi connectivity index (χ4n) is 2.45. The van der Waals surface area contributed by atoms with E-state index in [1.165, 1.54) is 29.2 Å². The lowest BCUT2D eigenvalue weighted by atomic mass is 10.1. The minimum atomic E-state index is -4.47. The van der Waals surface area contributed by atoms with Gasteiger partial charge in [-0.2, -0.15) is 13.2 Å². The number of anilines is 1. The van der Waals surface area contributed by atoms with E-state index in [4.69, 9.17) is 4.42 Å². The van der Waals surface area contributed by atoms with Gasteiger partial charge in [0, 0.05) is 30.2 Å². The van der Waals surface area contributed by atoms with Gasteiger partial charge in [0.2, 0.25) is 0 Å². The van der Waals surface area contributed by atoms with Crippen LogP contribution in [0.25, 0.3) is 11.3 Å². The summed E-state index contributed by atoms with van der Waals surface area (Å²) in [6.07, 6.45) is -4.47. The number of amides is 2. The Kier molecular flexibility index (Phi) is 6.21. The smallest absolute Gasteiger partial charge is 0.416 e. The monoisotopic (exact) mass is 434 g/mol. The molecule has 0 aliphatic heterocycles. The van der Waals surface area contributed by atoms with Crippen molar-refractivity contribution in [3.63, 3.8) is 0 Å². The maximum atomic E-state index is 12.9. The van der Waals surface area contributed by atoms with Crippen molar-refractivity contribution >= 4 is 28.6 Å². The number of benzene rings is 2. The number of carbonyl (C=O) groups excluding carboxylic acids is 2. The molecule has 1 N–H and O–H groups in total. The highest BCUT2D eigenvalue weighted by Crippen LogP contribution is 2.32. The number of hydrogen-bond donors (Lipinski definition) is 1. The first-order valence-corrected chi connectivity index (χ1v) is 9.53. The van der Waals surface area contributed by atoms with Gasteiger partial charge < -0.3 is 14.6 Å². The quantitative estimate of drug-likeness (QED) is 0.512. The van der Waals surface area contributed by atoms with Crippen molar-refractivity contribution in [1.82, 2.24) is 4.90 Å². The predicted molar refractivity (Wildman–Crippen MR) is 108 cm³/mol. The molecule has 3 aromatic rings. The van der Waals surface area contributed by atoms with Gasteiger partial charge in [-0.15, -0.1) is 0 Å². The lowest BCUT2D eigenvalue weighted by Gasteiger charge is -2.09. The highest BCUT2D eigenvalue weighted by Gasteiger charge is 2.30. The number of halogens is 3. The van der Waals surface area contributed by atoms with Crippen LogP contribution < -0.4 is 5.32 Å². The van der Waals surface area contributed by atoms with Crippen molar-refractivity contribution in [3.8, 4) is 11.3 Å². The molecule has 0 aliphatic carbocycles. The van der Waals surface area contributed by atoms with Crippen LogP contribution in [0.15, 0.2) is 70.0 Å². The van der Waals surface area contributed by atoms with E-state index < -0.39 is 17.6 Å². The van der Waals surface area contributed by atoms with Crippen LogP contribution in [0.5, 0.6) is 0 Å². The third kappa shape index (κ3) is 5.24. The Hall–Kier alpha value is -3.20. The van der Waals surface area contributed by atoms with Gasteiger partial charge in [0.15, 0.2) is 5.76 Å². The molecular weight excluding hydrogens is 417 g/mol. The Balaban J connectivity index is 1.69. The molecule has 0 fully saturated rings. The molecule has 1 heterocycles. The van der Waals surface area contributed by atoms with Crippen LogP contribution in [0.1, 0.15) is 16.1 Å². The fraction of sp³-hybridized carbons (Fsp3) is 0.143. The summed E-state index contributed by atoms with van der Waals surface area (Å²) in [5.74, 6) is -0.429. The van der Waals surface area contributed by atoms with Crippen LogP contribution in [-0.2, 0) is 6.18 Å². The van der Waals surface area contributed by atoms with Gasteiger partial charge in [0.25, 0.3) is 11.1 Å². The molecule has 2 amide bonds. The van der Waals surface area contributed by atoms with Crippen LogP contribution in [0.4, 0.5) is 23.7 Å². The molecule has 0 radical (unpaired) electrons. The second kappa shape index (κ2) is 8.66. The Bertz CT molecular complexity index is 1060. The minimum absolute atomic E-state index is 0.0383. The van der Waals surface area contributed by atoms with E-state index in [0.717, 1.165) is 28.8 Å². The average Bonchev–Trinajstić information content (AvgIpc) is 3.19. The van der Waals surface area contributed by atoms with Crippen molar-refractivity contribution in [2.24, 2.45) is 0 Å². The van der Waals surface area contributed by atoms with Gasteiger partial charge in [0.1, 0.15) is 5.76 Å². The van der Waals surface area contributed by atoms with E-state index in [-0.39, 0.29) is 22.3 Å². The number of hydrogen-bond acceptors (Lipinski definition) is 4. The summed E-state index contributed by atoms with van der Waals surface area (Å²) in [7, 11) is 3.31. The SMILES string of the molecule is CN(C)C(=O)Sc1ccc(NC(=O)c2ccc(-c3cccc(C(F)(F)F)c3)o2)cc1. The van der Waals surface area contributed by atoms with Crippen molar-refractivity contribution in [2.75, 3.05) is 19.4 Å². The third-order valence-electron chi connectivity index (χ3n) is 3.99. The summed E-state index contributed by atoms with van der Waals surface area (Å²) in [6, 6.07) is 14.2. The van der Waals surface area contributed by atoms with Crippen LogP contribution in [-0.4, -0.2) is 30.1 Å². The number of nitrogens with zero attached hydrogens (tertiary/aromatic N) is 1. The maximum absolute atomic E-state index is 12.9. The molecule has 30 heavy (non-hydrogen) atoms. The van der Waals surface area contributed by atoms with E-state index in [2.05, 4.69) is 5.32 Å². The largest absolute Gasteiger partial charge is 0.451 e. The van der Waals surface area contributed by atoms with Gasteiger partial charge in [0.05, 0.1) is 5.56 Å². The first kappa shape index (κ1) is 21.5. The second-order valence-corrected chi connectivity index (χ2v) is 7.51. The fourth-order valence-corrected chi connectivity index (χ4v) is 3.11. The molecule has 0 bridgehead atoms. The normalized spacial score (nSPS) is 11.2. The van der Waals surface area contributed by atoms with Crippen molar-refractivity contribution < 1.29 is 27.2 Å². The standard InChI is InChI=1S/C21H17F3N2O3S/c1-26(2)20(28)30-16-8-6-15(7-9-16)25-19(27)18-11-10-17(29-18)13-4-3-5-14(12-13)21(22,23)24/h3-12H,1-2H3,(H,25,27). The van der Waals surface area contributed by atoms with E-state index in [0.29, 0.717) is 5.69 Å². The Morgan fingerprint density at radius 1 is 1.00 bits per heavy atom. The number of thioether (sulfide) groups is 1. The van der Waals surface area contributed by atoms with Gasteiger partial charge >= 0.3 is 6.18 Å². The zero-order valence-corrected chi connectivity index (χ0v) is 16.8. The summed E-state index contributed by atoms with van der Waals surface area (Å²) in [5.41, 5.74) is -0.0948. The molecule has 0 saturated heterocycles. The first-order valence-electron chi connectivity index (χ1n) is 8.71. The molecular formula is C21H17F3N2O3S. The molecule has 0 spiro atoms. The Labute approximate surface area is 174 Å². The summed E-state index contributed by atoms with van der Waals surface area (Å²) in [6.45, 7) is 0. The summed E-state index contributed by atoms with van der Waals surface area (Å²) in [5, 5.41) is 2.52. The van der Waals surface area contributed by atoms with E-state index in [1.54, 1.807) is 38.4 Å². The molecule has 9 heteroatoms. The van der Waals surface area contributed by atoms with Gasteiger partial charge in [-0.1, -0.05) is 12.1 Å². The molecule has 0 aliphatic rings. The number of furan rings is 1. The lowest BCUT2D eigenvalue weighted by Crippen LogP contribution is -2.16. The van der Waals surface area contributed by atoms with Crippen LogP contribution in [0, 0.1) is 0 Å². The Morgan fingerprint density at radius 2 is 1.70 bits per heavy atom. The Morgan fingerprint density at radius 3 is 2.33 bits per heavy atom. The lowest BCUT2D eigenvalue weighted by molar-refractivity contribution is -0.137. The minimum Gasteiger partial charge on any atom is -0.451 e. The van der Waals surface area contributed by atoms with Crippen molar-refractivity contribution in [3.05, 3.63) is 72.0 Å². The average molecular weight is 434 g/mol. The molecule has 156 valence electrons. The van der Waals surface area contributed by atoms with Crippen molar-refractivity contribution in [1.29, 1.82) is 0 Å². The second-order valence-electron chi connectivity index (χ2n) is 6.48. The molecule has 1 aromatic heterocycles. The zero-order chi connectivity index (χ0) is 21.9. The number of nitrogens with one attached hydrogen (secondary N) is 1. The van der Waals surface area contributed by atoms with Gasteiger partial charge in [-0.3, -0.25) is 9.59 Å². The van der Waals surface area contributed by atoms with E-state index in [9.17, 15) is 22.8 Å². The van der Waals surface area contributed by atoms with Crippen LogP contribution >= 0.6 is 11.8 Å².